The van der Waals surface area contributed by atoms with Gasteiger partial charge >= 0.3 is 0 Å². The van der Waals surface area contributed by atoms with Gasteiger partial charge in [0.2, 0.25) is 11.9 Å². The van der Waals surface area contributed by atoms with E-state index in [1.807, 2.05) is 0 Å². The first-order chi connectivity index (χ1) is 12.7. The first-order valence-corrected chi connectivity index (χ1v) is 10.5. The van der Waals surface area contributed by atoms with Crippen LogP contribution in [0.15, 0.2) is 34.3 Å². The molecule has 6 nitrogen and oxygen atoms in total. The monoisotopic (exact) mass is 387 g/mol. The van der Waals surface area contributed by atoms with Gasteiger partial charge in [0, 0.05) is 24.4 Å². The summed E-state index contributed by atoms with van der Waals surface area (Å²) in [7, 11) is 0. The molecule has 1 atom stereocenters. The van der Waals surface area contributed by atoms with Crippen molar-refractivity contribution in [3.63, 3.8) is 0 Å². The second-order valence-corrected chi connectivity index (χ2v) is 8.39. The number of carbonyl (C=O) groups excluding carboxylic acids is 1. The molecular weight excluding hydrogens is 366 g/mol. The van der Waals surface area contributed by atoms with Crippen LogP contribution in [0.25, 0.3) is 0 Å². The van der Waals surface area contributed by atoms with Crippen LogP contribution < -0.4 is 10.6 Å². The van der Waals surface area contributed by atoms with Gasteiger partial charge in [0.05, 0.1) is 12.5 Å². The van der Waals surface area contributed by atoms with Crippen molar-refractivity contribution in [2.75, 3.05) is 18.0 Å². The van der Waals surface area contributed by atoms with E-state index in [4.69, 9.17) is 5.73 Å². The second kappa shape index (κ2) is 7.59. The Kier molecular flexibility index (Phi) is 5.03. The van der Waals surface area contributed by atoms with Crippen LogP contribution in [0, 0.1) is 5.92 Å². The molecule has 136 valence electrons. The summed E-state index contributed by atoms with van der Waals surface area (Å²) in [6.07, 6.45) is 2.56. The average Bonchev–Trinajstić information content (AvgIpc) is 3.39. The minimum Gasteiger partial charge on any atom is -0.369 e. The lowest BCUT2D eigenvalue weighted by Gasteiger charge is -2.32. The maximum Gasteiger partial charge on any atom is 0.227 e. The Bertz CT molecular complexity index is 856. The molecule has 1 amide bonds. The first-order valence-electron chi connectivity index (χ1n) is 8.70. The zero-order valence-electron chi connectivity index (χ0n) is 14.4. The number of hydrogen-bond donors (Lipinski definition) is 1. The molecule has 26 heavy (non-hydrogen) atoms. The van der Waals surface area contributed by atoms with Crippen LogP contribution in [0.1, 0.15) is 29.1 Å². The van der Waals surface area contributed by atoms with Gasteiger partial charge in [-0.1, -0.05) is 6.07 Å². The molecule has 0 unspecified atom stereocenters. The lowest BCUT2D eigenvalue weighted by molar-refractivity contribution is -0.122. The number of nitrogens with two attached hydrogens (primary N) is 1. The van der Waals surface area contributed by atoms with E-state index >= 15 is 0 Å². The van der Waals surface area contributed by atoms with Gasteiger partial charge in [-0.15, -0.1) is 21.5 Å². The number of primary amides is 1. The number of nitrogens with zero attached hydrogens (tertiary/aromatic N) is 4. The minimum atomic E-state index is -0.225. The van der Waals surface area contributed by atoms with Crippen molar-refractivity contribution in [2.24, 2.45) is 11.7 Å². The van der Waals surface area contributed by atoms with Crippen LogP contribution in [0.3, 0.4) is 0 Å². The molecule has 0 saturated carbocycles. The van der Waals surface area contributed by atoms with E-state index in [9.17, 15) is 4.79 Å². The largest absolute Gasteiger partial charge is 0.369 e. The average molecular weight is 388 g/mol. The number of carbonyl (C=O) groups is 1. The van der Waals surface area contributed by atoms with Crippen molar-refractivity contribution in [1.82, 2.24) is 14.8 Å². The van der Waals surface area contributed by atoms with Gasteiger partial charge in [0.25, 0.3) is 0 Å². The maximum atomic E-state index is 11.6. The van der Waals surface area contributed by atoms with E-state index in [0.717, 1.165) is 44.1 Å². The molecule has 0 aliphatic carbocycles. The first kappa shape index (κ1) is 17.2. The van der Waals surface area contributed by atoms with Crippen molar-refractivity contribution < 1.29 is 4.79 Å². The van der Waals surface area contributed by atoms with Crippen LogP contribution in [-0.4, -0.2) is 33.8 Å². The summed E-state index contributed by atoms with van der Waals surface area (Å²) in [5, 5.41) is 15.3. The summed E-state index contributed by atoms with van der Waals surface area (Å²) < 4.78 is 2.19. The molecule has 1 saturated heterocycles. The maximum absolute atomic E-state index is 11.6. The van der Waals surface area contributed by atoms with Crippen LogP contribution in [0.2, 0.25) is 0 Å². The van der Waals surface area contributed by atoms with Crippen molar-refractivity contribution >= 4 is 34.5 Å². The SMILES string of the molecule is NC(=O)[C@H]1CCCN(c2nnc(Cc3ccsc3)n2Cc2cccs2)C1. The topological polar surface area (TPSA) is 77.0 Å². The standard InChI is InChI=1S/C18H21N5OS2/c19-17(24)14-3-1-6-22(10-14)18-21-20-16(9-13-5-8-25-12-13)23(18)11-15-4-2-7-26-15/h2,4-5,7-8,12,14H,1,3,6,9-11H2,(H2,19,24)/t14-/m0/s1. The summed E-state index contributed by atoms with van der Waals surface area (Å²) in [6, 6.07) is 6.32. The highest BCUT2D eigenvalue weighted by molar-refractivity contribution is 7.09. The van der Waals surface area contributed by atoms with Gasteiger partial charge < -0.3 is 10.6 Å². The highest BCUT2D eigenvalue weighted by atomic mass is 32.1. The predicted octanol–water partition coefficient (Wildman–Crippen LogP) is 2.74. The molecule has 1 aliphatic heterocycles. The number of aromatic nitrogens is 3. The van der Waals surface area contributed by atoms with E-state index in [1.54, 1.807) is 22.7 Å². The summed E-state index contributed by atoms with van der Waals surface area (Å²) in [5.74, 6) is 1.45. The van der Waals surface area contributed by atoms with Crippen molar-refractivity contribution in [1.29, 1.82) is 0 Å². The molecule has 8 heteroatoms. The summed E-state index contributed by atoms with van der Waals surface area (Å²) >= 11 is 3.42. The molecule has 0 radical (unpaired) electrons. The Morgan fingerprint density at radius 1 is 1.31 bits per heavy atom. The molecule has 3 aromatic rings. The van der Waals surface area contributed by atoms with Gasteiger partial charge in [-0.05, 0) is 46.7 Å². The fourth-order valence-electron chi connectivity index (χ4n) is 3.38. The van der Waals surface area contributed by atoms with Crippen molar-refractivity contribution in [3.8, 4) is 0 Å². The number of thiophene rings is 2. The van der Waals surface area contributed by atoms with E-state index in [1.165, 1.54) is 10.4 Å². The Labute approximate surface area is 160 Å². The fraction of sp³-hybridized carbons (Fsp3) is 0.389. The number of anilines is 1. The fourth-order valence-corrected chi connectivity index (χ4v) is 4.74. The number of piperidine rings is 1. The Balaban J connectivity index is 1.64. The normalized spacial score (nSPS) is 17.5. The Hall–Kier alpha value is -2.19. The molecular formula is C18H21N5OS2. The quantitative estimate of drug-likeness (QED) is 0.705. The summed E-state index contributed by atoms with van der Waals surface area (Å²) in [6.45, 7) is 2.25. The van der Waals surface area contributed by atoms with Crippen LogP contribution in [0.4, 0.5) is 5.95 Å². The third-order valence-electron chi connectivity index (χ3n) is 4.75. The lowest BCUT2D eigenvalue weighted by Crippen LogP contribution is -2.42. The van der Waals surface area contributed by atoms with E-state index in [2.05, 4.69) is 54.0 Å². The molecule has 4 heterocycles. The van der Waals surface area contributed by atoms with Crippen molar-refractivity contribution in [2.45, 2.75) is 25.8 Å². The molecule has 0 aromatic carbocycles. The van der Waals surface area contributed by atoms with Crippen molar-refractivity contribution in [3.05, 3.63) is 50.6 Å². The van der Waals surface area contributed by atoms with Crippen LogP contribution in [-0.2, 0) is 17.8 Å². The van der Waals surface area contributed by atoms with Gasteiger partial charge in [-0.3, -0.25) is 9.36 Å². The summed E-state index contributed by atoms with van der Waals surface area (Å²) in [5.41, 5.74) is 6.79. The zero-order chi connectivity index (χ0) is 17.9. The van der Waals surface area contributed by atoms with Crippen LogP contribution in [0.5, 0.6) is 0 Å². The third kappa shape index (κ3) is 3.66. The number of hydrogen-bond acceptors (Lipinski definition) is 6. The van der Waals surface area contributed by atoms with Gasteiger partial charge in [-0.25, -0.2) is 0 Å². The second-order valence-electron chi connectivity index (χ2n) is 6.58. The van der Waals surface area contributed by atoms with Crippen LogP contribution >= 0.6 is 22.7 Å². The lowest BCUT2D eigenvalue weighted by atomic mass is 9.98. The predicted molar refractivity (Wildman–Crippen MR) is 105 cm³/mol. The summed E-state index contributed by atoms with van der Waals surface area (Å²) in [4.78, 5) is 15.1. The minimum absolute atomic E-state index is 0.115. The smallest absolute Gasteiger partial charge is 0.227 e. The molecule has 0 spiro atoms. The number of rotatable bonds is 6. The van der Waals surface area contributed by atoms with E-state index in [-0.39, 0.29) is 11.8 Å². The molecule has 0 bridgehead atoms. The van der Waals surface area contributed by atoms with Gasteiger partial charge in [-0.2, -0.15) is 11.3 Å². The zero-order valence-corrected chi connectivity index (χ0v) is 16.0. The third-order valence-corrected chi connectivity index (χ3v) is 6.34. The highest BCUT2D eigenvalue weighted by Gasteiger charge is 2.28. The molecule has 1 fully saturated rings. The molecule has 3 aromatic heterocycles. The molecule has 2 N–H and O–H groups in total. The van der Waals surface area contributed by atoms with E-state index in [0.29, 0.717) is 6.54 Å². The van der Waals surface area contributed by atoms with E-state index < -0.39 is 0 Å². The Morgan fingerprint density at radius 3 is 2.96 bits per heavy atom. The highest BCUT2D eigenvalue weighted by Crippen LogP contribution is 2.25. The van der Waals surface area contributed by atoms with Gasteiger partial charge in [0.15, 0.2) is 0 Å². The molecule has 1 aliphatic rings. The Morgan fingerprint density at radius 2 is 2.23 bits per heavy atom. The molecule has 4 rings (SSSR count). The van der Waals surface area contributed by atoms with Gasteiger partial charge in [0.1, 0.15) is 5.82 Å². The number of amides is 1.